The highest BCUT2D eigenvalue weighted by Crippen LogP contribution is 2.20. The number of fused-ring (bicyclic) bond motifs is 1. The third-order valence-electron chi connectivity index (χ3n) is 2.78. The van der Waals surface area contributed by atoms with Crippen molar-refractivity contribution in [3.8, 4) is 0 Å². The molecule has 1 aromatic carbocycles. The molecule has 3 aromatic rings. The number of nitrogens with one attached hydrogen (secondary N) is 1. The molecule has 20 heavy (non-hydrogen) atoms. The number of hydrogen-bond acceptors (Lipinski definition) is 5. The van der Waals surface area contributed by atoms with Crippen molar-refractivity contribution in [3.63, 3.8) is 0 Å². The van der Waals surface area contributed by atoms with Crippen LogP contribution >= 0.6 is 0 Å². The summed E-state index contributed by atoms with van der Waals surface area (Å²) >= 11 is 0. The monoisotopic (exact) mass is 289 g/mol. The maximum Gasteiger partial charge on any atom is 0.263 e. The molecular formula is C13H11N3O3S. The van der Waals surface area contributed by atoms with E-state index in [1.807, 2.05) is 13.0 Å². The Morgan fingerprint density at radius 2 is 2.05 bits per heavy atom. The van der Waals surface area contributed by atoms with Crippen molar-refractivity contribution < 1.29 is 12.9 Å². The molecule has 102 valence electrons. The molecule has 0 saturated carbocycles. The summed E-state index contributed by atoms with van der Waals surface area (Å²) in [4.78, 5) is 4.35. The average molecular weight is 289 g/mol. The Bertz CT molecular complexity index is 858. The van der Waals surface area contributed by atoms with E-state index in [2.05, 4.69) is 19.4 Å². The summed E-state index contributed by atoms with van der Waals surface area (Å²) in [6, 6.07) is 8.17. The van der Waals surface area contributed by atoms with E-state index in [1.165, 1.54) is 24.5 Å². The van der Waals surface area contributed by atoms with E-state index in [0.29, 0.717) is 5.52 Å². The molecule has 0 aliphatic rings. The number of hydrogen-bond donors (Lipinski definition) is 1. The number of benzene rings is 1. The van der Waals surface area contributed by atoms with Crippen LogP contribution in [0.4, 0.5) is 5.82 Å². The summed E-state index contributed by atoms with van der Waals surface area (Å²) in [5.41, 5.74) is 1.65. The summed E-state index contributed by atoms with van der Waals surface area (Å²) < 4.78 is 31.3. The van der Waals surface area contributed by atoms with Gasteiger partial charge in [0.05, 0.1) is 10.4 Å². The van der Waals surface area contributed by atoms with E-state index in [0.717, 1.165) is 10.9 Å². The number of sulfonamides is 1. The molecular weight excluding hydrogens is 278 g/mol. The van der Waals surface area contributed by atoms with Gasteiger partial charge in [-0.2, -0.15) is 0 Å². The van der Waals surface area contributed by atoms with Crippen LogP contribution in [0.3, 0.4) is 0 Å². The smallest absolute Gasteiger partial charge is 0.263 e. The summed E-state index contributed by atoms with van der Waals surface area (Å²) in [6.45, 7) is 1.93. The van der Waals surface area contributed by atoms with Crippen molar-refractivity contribution in [2.45, 2.75) is 11.8 Å². The van der Waals surface area contributed by atoms with Gasteiger partial charge in [-0.25, -0.2) is 8.42 Å². The van der Waals surface area contributed by atoms with Crippen molar-refractivity contribution >= 4 is 26.7 Å². The van der Waals surface area contributed by atoms with Crippen molar-refractivity contribution in [2.75, 3.05) is 4.72 Å². The summed E-state index contributed by atoms with van der Waals surface area (Å²) in [5, 5.41) is 4.41. The van der Waals surface area contributed by atoms with Gasteiger partial charge in [0.15, 0.2) is 5.82 Å². The van der Waals surface area contributed by atoms with E-state index in [-0.39, 0.29) is 10.7 Å². The van der Waals surface area contributed by atoms with Gasteiger partial charge in [-0.05, 0) is 30.7 Å². The second kappa shape index (κ2) is 4.61. The zero-order valence-corrected chi connectivity index (χ0v) is 11.4. The minimum absolute atomic E-state index is 0.129. The Hall–Kier alpha value is -2.41. The molecule has 0 fully saturated rings. The van der Waals surface area contributed by atoms with Gasteiger partial charge in [0, 0.05) is 17.6 Å². The second-order valence-corrected chi connectivity index (χ2v) is 6.04. The topological polar surface area (TPSA) is 85.1 Å². The summed E-state index contributed by atoms with van der Waals surface area (Å²) in [6.07, 6.45) is 2.99. The Balaban J connectivity index is 2.03. The van der Waals surface area contributed by atoms with E-state index in [9.17, 15) is 8.42 Å². The fraction of sp³-hybridized carbons (Fsp3) is 0.0769. The van der Waals surface area contributed by atoms with Gasteiger partial charge in [-0.15, -0.1) is 0 Å². The first-order valence-corrected chi connectivity index (χ1v) is 7.32. The van der Waals surface area contributed by atoms with Crippen LogP contribution < -0.4 is 4.72 Å². The second-order valence-electron chi connectivity index (χ2n) is 4.36. The Morgan fingerprint density at radius 3 is 2.80 bits per heavy atom. The van der Waals surface area contributed by atoms with E-state index >= 15 is 0 Å². The lowest BCUT2D eigenvalue weighted by Crippen LogP contribution is -2.13. The summed E-state index contributed by atoms with van der Waals surface area (Å²) in [7, 11) is -3.70. The van der Waals surface area contributed by atoms with Gasteiger partial charge in [0.25, 0.3) is 10.0 Å². The van der Waals surface area contributed by atoms with E-state index < -0.39 is 10.0 Å². The van der Waals surface area contributed by atoms with Crippen LogP contribution in [0.15, 0.2) is 52.2 Å². The van der Waals surface area contributed by atoms with Crippen LogP contribution in [-0.4, -0.2) is 18.6 Å². The van der Waals surface area contributed by atoms with E-state index in [4.69, 9.17) is 0 Å². The van der Waals surface area contributed by atoms with Crippen LogP contribution in [0.1, 0.15) is 5.56 Å². The van der Waals surface area contributed by atoms with Crippen LogP contribution in [0.25, 0.3) is 10.9 Å². The molecule has 7 heteroatoms. The van der Waals surface area contributed by atoms with Gasteiger partial charge in [0.1, 0.15) is 6.26 Å². The molecule has 3 rings (SSSR count). The molecule has 0 unspecified atom stereocenters. The molecule has 0 atom stereocenters. The van der Waals surface area contributed by atoms with Crippen LogP contribution in [0, 0.1) is 6.92 Å². The Labute approximate surface area is 115 Å². The number of anilines is 1. The number of pyridine rings is 1. The number of rotatable bonds is 3. The molecule has 0 amide bonds. The minimum Gasteiger partial charge on any atom is -0.363 e. The first-order chi connectivity index (χ1) is 9.54. The lowest BCUT2D eigenvalue weighted by molar-refractivity contribution is 0.423. The van der Waals surface area contributed by atoms with Crippen molar-refractivity contribution in [1.82, 2.24) is 10.1 Å². The predicted octanol–water partition coefficient (Wildman–Crippen LogP) is 2.33. The molecule has 1 N–H and O–H groups in total. The number of nitrogens with zero attached hydrogens (tertiary/aromatic N) is 2. The standard InChI is InChI=1S/C13H11N3O3S/c1-9-6-10-2-3-11(7-12(10)14-8-9)20(17,18)16-13-4-5-19-15-13/h2-8H,1H3,(H,15,16). The van der Waals surface area contributed by atoms with Crippen LogP contribution in [0.2, 0.25) is 0 Å². The van der Waals surface area contributed by atoms with Gasteiger partial charge in [0.2, 0.25) is 0 Å². The Kier molecular flexibility index (Phi) is 2.90. The SMILES string of the molecule is Cc1cnc2cc(S(=O)(=O)Nc3ccon3)ccc2c1. The average Bonchev–Trinajstić information content (AvgIpc) is 2.90. The fourth-order valence-electron chi connectivity index (χ4n) is 1.84. The van der Waals surface area contributed by atoms with Crippen LogP contribution in [0.5, 0.6) is 0 Å². The molecule has 2 heterocycles. The molecule has 6 nitrogen and oxygen atoms in total. The Morgan fingerprint density at radius 1 is 1.20 bits per heavy atom. The van der Waals surface area contributed by atoms with Gasteiger partial charge >= 0.3 is 0 Å². The maximum atomic E-state index is 12.2. The van der Waals surface area contributed by atoms with E-state index in [1.54, 1.807) is 12.3 Å². The highest BCUT2D eigenvalue weighted by molar-refractivity contribution is 7.92. The normalized spacial score (nSPS) is 11.7. The highest BCUT2D eigenvalue weighted by atomic mass is 32.2. The van der Waals surface area contributed by atoms with Crippen LogP contribution in [-0.2, 0) is 10.0 Å². The first kappa shape index (κ1) is 12.6. The van der Waals surface area contributed by atoms with Crippen molar-refractivity contribution in [3.05, 3.63) is 48.4 Å². The highest BCUT2D eigenvalue weighted by Gasteiger charge is 2.16. The number of aryl methyl sites for hydroxylation is 1. The van der Waals surface area contributed by atoms with Crippen molar-refractivity contribution in [1.29, 1.82) is 0 Å². The quantitative estimate of drug-likeness (QED) is 0.799. The molecule has 0 radical (unpaired) electrons. The largest absolute Gasteiger partial charge is 0.363 e. The van der Waals surface area contributed by atoms with Gasteiger partial charge in [-0.1, -0.05) is 11.2 Å². The fourth-order valence-corrected chi connectivity index (χ4v) is 2.85. The lowest BCUT2D eigenvalue weighted by Gasteiger charge is -2.06. The van der Waals surface area contributed by atoms with Gasteiger partial charge in [-0.3, -0.25) is 9.71 Å². The molecule has 2 aromatic heterocycles. The maximum absolute atomic E-state index is 12.2. The summed E-state index contributed by atoms with van der Waals surface area (Å²) in [5.74, 6) is 0.141. The minimum atomic E-state index is -3.70. The predicted molar refractivity (Wildman–Crippen MR) is 73.8 cm³/mol. The van der Waals surface area contributed by atoms with Crippen molar-refractivity contribution in [2.24, 2.45) is 0 Å². The third kappa shape index (κ3) is 2.35. The molecule has 0 bridgehead atoms. The van der Waals surface area contributed by atoms with Gasteiger partial charge < -0.3 is 4.52 Å². The molecule has 0 aliphatic carbocycles. The zero-order chi connectivity index (χ0) is 14.2. The molecule has 0 spiro atoms. The zero-order valence-electron chi connectivity index (χ0n) is 10.6. The lowest BCUT2D eigenvalue weighted by atomic mass is 10.2. The molecule has 0 aliphatic heterocycles. The molecule has 0 saturated heterocycles. The first-order valence-electron chi connectivity index (χ1n) is 5.84. The third-order valence-corrected chi connectivity index (χ3v) is 4.13. The number of aromatic nitrogens is 2.